The highest BCUT2D eigenvalue weighted by Gasteiger charge is 2.28. The molecule has 1 heterocycles. The van der Waals surface area contributed by atoms with E-state index in [1.54, 1.807) is 0 Å². The number of hydrogen-bond acceptors (Lipinski definition) is 4. The van der Waals surface area contributed by atoms with Gasteiger partial charge in [0.2, 0.25) is 5.91 Å². The van der Waals surface area contributed by atoms with Crippen LogP contribution in [0, 0.1) is 12.8 Å². The molecule has 1 aromatic heterocycles. The summed E-state index contributed by atoms with van der Waals surface area (Å²) in [6, 6.07) is 0. The minimum absolute atomic E-state index is 0.196. The summed E-state index contributed by atoms with van der Waals surface area (Å²) in [6.45, 7) is 4.03. The molecule has 0 aromatic carbocycles. The Hall–Kier alpha value is -1.43. The third kappa shape index (κ3) is 3.26. The molecule has 0 aliphatic heterocycles. The first-order chi connectivity index (χ1) is 8.18. The molecule has 0 saturated heterocycles. The van der Waals surface area contributed by atoms with Crippen LogP contribution < -0.4 is 10.6 Å². The van der Waals surface area contributed by atoms with Gasteiger partial charge in [0, 0.05) is 26.1 Å². The Morgan fingerprint density at radius 2 is 2.18 bits per heavy atom. The van der Waals surface area contributed by atoms with Crippen molar-refractivity contribution in [1.29, 1.82) is 0 Å². The van der Waals surface area contributed by atoms with Crippen LogP contribution in [0.3, 0.4) is 0 Å². The second kappa shape index (κ2) is 5.27. The Bertz CT molecular complexity index is 397. The van der Waals surface area contributed by atoms with E-state index in [0.717, 1.165) is 31.0 Å². The molecule has 6 heteroatoms. The first kappa shape index (κ1) is 12.0. The summed E-state index contributed by atoms with van der Waals surface area (Å²) < 4.78 is 1.95. The topological polar surface area (TPSA) is 71.8 Å². The summed E-state index contributed by atoms with van der Waals surface area (Å²) in [5.74, 6) is 2.30. The van der Waals surface area contributed by atoms with Crippen molar-refractivity contribution in [2.24, 2.45) is 13.0 Å². The number of nitrogens with one attached hydrogen (secondary N) is 2. The molecule has 0 atom stereocenters. The standard InChI is InChI=1S/C11H19N5O/c1-8-14-15-10(16(8)2)7-12-5-6-13-11(17)9-3-4-9/h9,12H,3-7H2,1-2H3,(H,13,17). The zero-order valence-corrected chi connectivity index (χ0v) is 10.4. The van der Waals surface area contributed by atoms with Crippen LogP contribution >= 0.6 is 0 Å². The fourth-order valence-corrected chi connectivity index (χ4v) is 1.57. The van der Waals surface area contributed by atoms with Crippen molar-refractivity contribution in [3.05, 3.63) is 11.6 Å². The van der Waals surface area contributed by atoms with Gasteiger partial charge in [-0.05, 0) is 19.8 Å². The van der Waals surface area contributed by atoms with Gasteiger partial charge in [-0.25, -0.2) is 0 Å². The maximum Gasteiger partial charge on any atom is 0.223 e. The van der Waals surface area contributed by atoms with Crippen LogP contribution in [0.5, 0.6) is 0 Å². The third-order valence-corrected chi connectivity index (χ3v) is 3.01. The molecule has 0 spiro atoms. The third-order valence-electron chi connectivity index (χ3n) is 3.01. The van der Waals surface area contributed by atoms with Crippen LogP contribution in [0.15, 0.2) is 0 Å². The van der Waals surface area contributed by atoms with Gasteiger partial charge in [0.05, 0.1) is 6.54 Å². The Labute approximate surface area is 101 Å². The molecule has 6 nitrogen and oxygen atoms in total. The molecule has 0 radical (unpaired) electrons. The summed E-state index contributed by atoms with van der Waals surface area (Å²) in [5, 5.41) is 14.2. The molecule has 1 aromatic rings. The molecular weight excluding hydrogens is 218 g/mol. The summed E-state index contributed by atoms with van der Waals surface area (Å²) in [7, 11) is 1.95. The predicted molar refractivity (Wildman–Crippen MR) is 63.2 cm³/mol. The average molecular weight is 237 g/mol. The van der Waals surface area contributed by atoms with E-state index in [2.05, 4.69) is 20.8 Å². The van der Waals surface area contributed by atoms with Crippen molar-refractivity contribution in [2.45, 2.75) is 26.3 Å². The van der Waals surface area contributed by atoms with E-state index in [4.69, 9.17) is 0 Å². The molecule has 94 valence electrons. The highest BCUT2D eigenvalue weighted by molar-refractivity contribution is 5.80. The molecular formula is C11H19N5O. The lowest BCUT2D eigenvalue weighted by molar-refractivity contribution is -0.122. The van der Waals surface area contributed by atoms with E-state index in [1.165, 1.54) is 0 Å². The second-order valence-electron chi connectivity index (χ2n) is 4.46. The summed E-state index contributed by atoms with van der Waals surface area (Å²) in [4.78, 5) is 11.3. The Morgan fingerprint density at radius 1 is 1.41 bits per heavy atom. The number of hydrogen-bond donors (Lipinski definition) is 2. The van der Waals surface area contributed by atoms with Gasteiger partial charge in [-0.1, -0.05) is 0 Å². The molecule has 1 aliphatic rings. The first-order valence-corrected chi connectivity index (χ1v) is 6.02. The van der Waals surface area contributed by atoms with E-state index in [-0.39, 0.29) is 11.8 Å². The maximum absolute atomic E-state index is 11.3. The predicted octanol–water partition coefficient (Wildman–Crippen LogP) is -0.261. The number of aryl methyl sites for hydroxylation is 1. The zero-order valence-electron chi connectivity index (χ0n) is 10.4. The lowest BCUT2D eigenvalue weighted by Gasteiger charge is -2.06. The van der Waals surface area contributed by atoms with Crippen molar-refractivity contribution in [1.82, 2.24) is 25.4 Å². The largest absolute Gasteiger partial charge is 0.355 e. The monoisotopic (exact) mass is 237 g/mol. The van der Waals surface area contributed by atoms with Gasteiger partial charge in [-0.3, -0.25) is 4.79 Å². The van der Waals surface area contributed by atoms with Crippen LogP contribution in [0.2, 0.25) is 0 Å². The number of rotatable bonds is 6. The lowest BCUT2D eigenvalue weighted by atomic mass is 10.4. The van der Waals surface area contributed by atoms with Crippen molar-refractivity contribution in [3.63, 3.8) is 0 Å². The van der Waals surface area contributed by atoms with Crippen LogP contribution in [-0.2, 0) is 18.4 Å². The molecule has 17 heavy (non-hydrogen) atoms. The maximum atomic E-state index is 11.3. The lowest BCUT2D eigenvalue weighted by Crippen LogP contribution is -2.32. The van der Waals surface area contributed by atoms with Crippen molar-refractivity contribution < 1.29 is 4.79 Å². The van der Waals surface area contributed by atoms with Crippen molar-refractivity contribution in [3.8, 4) is 0 Å². The normalized spacial score (nSPS) is 14.9. The van der Waals surface area contributed by atoms with E-state index in [1.807, 2.05) is 18.5 Å². The van der Waals surface area contributed by atoms with Gasteiger partial charge in [0.1, 0.15) is 11.6 Å². The van der Waals surface area contributed by atoms with Gasteiger partial charge in [0.15, 0.2) is 0 Å². The van der Waals surface area contributed by atoms with Crippen molar-refractivity contribution >= 4 is 5.91 Å². The molecule has 2 N–H and O–H groups in total. The summed E-state index contributed by atoms with van der Waals surface area (Å²) in [6.07, 6.45) is 2.11. The summed E-state index contributed by atoms with van der Waals surface area (Å²) in [5.41, 5.74) is 0. The fourth-order valence-electron chi connectivity index (χ4n) is 1.57. The number of nitrogens with zero attached hydrogens (tertiary/aromatic N) is 3. The van der Waals surface area contributed by atoms with Gasteiger partial charge in [-0.15, -0.1) is 10.2 Å². The minimum Gasteiger partial charge on any atom is -0.355 e. The average Bonchev–Trinajstić information content (AvgIpc) is 3.10. The molecule has 1 amide bonds. The van der Waals surface area contributed by atoms with Crippen LogP contribution in [0.25, 0.3) is 0 Å². The van der Waals surface area contributed by atoms with Crippen LogP contribution in [-0.4, -0.2) is 33.8 Å². The smallest absolute Gasteiger partial charge is 0.223 e. The zero-order chi connectivity index (χ0) is 12.3. The van der Waals surface area contributed by atoms with Gasteiger partial charge < -0.3 is 15.2 Å². The molecule has 2 rings (SSSR count). The Balaban J connectivity index is 1.59. The molecule has 0 unspecified atom stereocenters. The Kier molecular flexibility index (Phi) is 3.73. The van der Waals surface area contributed by atoms with E-state index in [9.17, 15) is 4.79 Å². The van der Waals surface area contributed by atoms with Crippen molar-refractivity contribution in [2.75, 3.05) is 13.1 Å². The molecule has 1 saturated carbocycles. The highest BCUT2D eigenvalue weighted by Crippen LogP contribution is 2.28. The van der Waals surface area contributed by atoms with Gasteiger partial charge >= 0.3 is 0 Å². The van der Waals surface area contributed by atoms with Crippen LogP contribution in [0.4, 0.5) is 0 Å². The SMILES string of the molecule is Cc1nnc(CNCCNC(=O)C2CC2)n1C. The molecule has 1 aliphatic carbocycles. The molecule has 0 bridgehead atoms. The number of carbonyl (C=O) groups excluding carboxylic acids is 1. The summed E-state index contributed by atoms with van der Waals surface area (Å²) >= 11 is 0. The van der Waals surface area contributed by atoms with Gasteiger partial charge in [0.25, 0.3) is 0 Å². The number of aromatic nitrogens is 3. The second-order valence-corrected chi connectivity index (χ2v) is 4.46. The van der Waals surface area contributed by atoms with Gasteiger partial charge in [-0.2, -0.15) is 0 Å². The number of amides is 1. The number of carbonyl (C=O) groups is 1. The fraction of sp³-hybridized carbons (Fsp3) is 0.727. The first-order valence-electron chi connectivity index (χ1n) is 6.02. The van der Waals surface area contributed by atoms with Crippen LogP contribution in [0.1, 0.15) is 24.5 Å². The quantitative estimate of drug-likeness (QED) is 0.669. The van der Waals surface area contributed by atoms with E-state index < -0.39 is 0 Å². The minimum atomic E-state index is 0.196. The highest BCUT2D eigenvalue weighted by atomic mass is 16.2. The van der Waals surface area contributed by atoms with E-state index >= 15 is 0 Å². The van der Waals surface area contributed by atoms with E-state index in [0.29, 0.717) is 13.1 Å². The Morgan fingerprint density at radius 3 is 2.76 bits per heavy atom. The molecule has 1 fully saturated rings.